The molecule has 0 aliphatic carbocycles. The van der Waals surface area contributed by atoms with Crippen LogP contribution in [-0.2, 0) is 0 Å². The average Bonchev–Trinajstić information content (AvgIpc) is 1.84. The van der Waals surface area contributed by atoms with Crippen LogP contribution in [0.5, 0.6) is 0 Å². The van der Waals surface area contributed by atoms with Crippen LogP contribution in [0.15, 0.2) is 0 Å². The molecule has 0 saturated carbocycles. The molecule has 0 aromatic carbocycles. The average molecular weight is 117 g/mol. The quantitative estimate of drug-likeness (QED) is 0.555. The van der Waals surface area contributed by atoms with Gasteiger partial charge in [0.25, 0.3) is 0 Å². The van der Waals surface area contributed by atoms with Crippen molar-refractivity contribution in [3.8, 4) is 0 Å². The highest BCUT2D eigenvalue weighted by Gasteiger charge is 2.07. The van der Waals surface area contributed by atoms with E-state index in [0.29, 0.717) is 18.4 Å². The van der Waals surface area contributed by atoms with Crippen molar-refractivity contribution in [3.63, 3.8) is 0 Å². The molecule has 0 aromatic rings. The highest BCUT2D eigenvalue weighted by atomic mass is 16.3. The zero-order chi connectivity index (χ0) is 6.57. The summed E-state index contributed by atoms with van der Waals surface area (Å²) < 4.78 is 0. The molecule has 50 valence electrons. The molecule has 0 rings (SSSR count). The van der Waals surface area contributed by atoms with E-state index in [0.717, 1.165) is 0 Å². The predicted octanol–water partition coefficient (Wildman–Crippen LogP) is 0.210. The van der Waals surface area contributed by atoms with Crippen molar-refractivity contribution in [2.24, 2.45) is 17.6 Å². The monoisotopic (exact) mass is 117 g/mol. The molecule has 0 aromatic heterocycles. The molecule has 0 heterocycles. The lowest BCUT2D eigenvalue weighted by molar-refractivity contribution is 0.198. The molecule has 2 nitrogen and oxygen atoms in total. The summed E-state index contributed by atoms with van der Waals surface area (Å²) in [5, 5.41) is 8.58. The summed E-state index contributed by atoms with van der Waals surface area (Å²) in [4.78, 5) is 0. The van der Waals surface area contributed by atoms with Gasteiger partial charge in [-0.25, -0.2) is 0 Å². The maximum atomic E-state index is 8.58. The first-order valence-corrected chi connectivity index (χ1v) is 3.03. The fraction of sp³-hybridized carbons (Fsp3) is 1.00. The third-order valence-electron chi connectivity index (χ3n) is 1.63. The minimum Gasteiger partial charge on any atom is -0.396 e. The summed E-state index contributed by atoms with van der Waals surface area (Å²) in [6.07, 6.45) is 0. The molecule has 3 N–H and O–H groups in total. The highest BCUT2D eigenvalue weighted by molar-refractivity contribution is 4.59. The van der Waals surface area contributed by atoms with Gasteiger partial charge in [0.2, 0.25) is 0 Å². The van der Waals surface area contributed by atoms with Crippen LogP contribution in [0.2, 0.25) is 0 Å². The summed E-state index contributed by atoms with van der Waals surface area (Å²) in [6.45, 7) is 4.96. The zero-order valence-corrected chi connectivity index (χ0v) is 5.59. The molecule has 8 heavy (non-hydrogen) atoms. The first-order chi connectivity index (χ1) is 3.72. The standard InChI is InChI=1S/C6H15NO/c1-5(3-7)6(2)4-8/h5-6,8H,3-4,7H2,1-2H3. The topological polar surface area (TPSA) is 46.2 Å². The van der Waals surface area contributed by atoms with Crippen LogP contribution in [0.4, 0.5) is 0 Å². The molecule has 2 atom stereocenters. The minimum atomic E-state index is 0.248. The summed E-state index contributed by atoms with van der Waals surface area (Å²) in [6, 6.07) is 0. The van der Waals surface area contributed by atoms with Crippen molar-refractivity contribution >= 4 is 0 Å². The Bertz CT molecular complexity index is 48.5. The minimum absolute atomic E-state index is 0.248. The Morgan fingerprint density at radius 1 is 1.38 bits per heavy atom. The van der Waals surface area contributed by atoms with E-state index in [1.54, 1.807) is 0 Å². The normalized spacial score (nSPS) is 18.0. The van der Waals surface area contributed by atoms with Crippen LogP contribution in [-0.4, -0.2) is 18.3 Å². The van der Waals surface area contributed by atoms with E-state index < -0.39 is 0 Å². The second kappa shape index (κ2) is 3.87. The molecular weight excluding hydrogens is 102 g/mol. The van der Waals surface area contributed by atoms with Crippen LogP contribution in [0, 0.1) is 11.8 Å². The molecule has 0 spiro atoms. The van der Waals surface area contributed by atoms with Gasteiger partial charge in [-0.05, 0) is 18.4 Å². The van der Waals surface area contributed by atoms with E-state index >= 15 is 0 Å². The Morgan fingerprint density at radius 3 is 2.00 bits per heavy atom. The van der Waals surface area contributed by atoms with Gasteiger partial charge in [-0.15, -0.1) is 0 Å². The SMILES string of the molecule is CC(CN)C(C)CO. The number of rotatable bonds is 3. The number of hydrogen-bond donors (Lipinski definition) is 2. The second-order valence-electron chi connectivity index (χ2n) is 2.37. The fourth-order valence-electron chi connectivity index (χ4n) is 0.412. The summed E-state index contributed by atoms with van der Waals surface area (Å²) in [7, 11) is 0. The van der Waals surface area contributed by atoms with Crippen LogP contribution in [0.3, 0.4) is 0 Å². The van der Waals surface area contributed by atoms with Gasteiger partial charge in [0.1, 0.15) is 0 Å². The molecule has 0 saturated heterocycles. The van der Waals surface area contributed by atoms with Gasteiger partial charge in [-0.1, -0.05) is 13.8 Å². The van der Waals surface area contributed by atoms with Gasteiger partial charge < -0.3 is 10.8 Å². The van der Waals surface area contributed by atoms with Crippen LogP contribution >= 0.6 is 0 Å². The molecule has 0 bridgehead atoms. The molecule has 0 amide bonds. The van der Waals surface area contributed by atoms with E-state index in [4.69, 9.17) is 10.8 Å². The Morgan fingerprint density at radius 2 is 1.88 bits per heavy atom. The lowest BCUT2D eigenvalue weighted by atomic mass is 9.97. The summed E-state index contributed by atoms with van der Waals surface area (Å²) >= 11 is 0. The molecule has 0 fully saturated rings. The third kappa shape index (κ3) is 2.28. The lowest BCUT2D eigenvalue weighted by Crippen LogP contribution is -2.20. The molecule has 2 heteroatoms. The molecule has 0 radical (unpaired) electrons. The summed E-state index contributed by atoms with van der Waals surface area (Å²) in [5.41, 5.74) is 5.34. The number of hydrogen-bond acceptors (Lipinski definition) is 2. The first kappa shape index (κ1) is 7.92. The van der Waals surface area contributed by atoms with Crippen LogP contribution in [0.25, 0.3) is 0 Å². The van der Waals surface area contributed by atoms with Gasteiger partial charge in [0.05, 0.1) is 0 Å². The van der Waals surface area contributed by atoms with E-state index in [9.17, 15) is 0 Å². The van der Waals surface area contributed by atoms with E-state index in [-0.39, 0.29) is 6.61 Å². The Labute approximate surface area is 50.7 Å². The fourth-order valence-corrected chi connectivity index (χ4v) is 0.412. The van der Waals surface area contributed by atoms with E-state index in [1.165, 1.54) is 0 Å². The third-order valence-corrected chi connectivity index (χ3v) is 1.63. The van der Waals surface area contributed by atoms with Crippen molar-refractivity contribution in [2.45, 2.75) is 13.8 Å². The van der Waals surface area contributed by atoms with Gasteiger partial charge in [0, 0.05) is 6.61 Å². The molecule has 0 aliphatic heterocycles. The highest BCUT2D eigenvalue weighted by Crippen LogP contribution is 2.06. The van der Waals surface area contributed by atoms with Crippen molar-refractivity contribution in [3.05, 3.63) is 0 Å². The Balaban J connectivity index is 3.29. The number of aliphatic hydroxyl groups is 1. The smallest absolute Gasteiger partial charge is 0.0459 e. The maximum Gasteiger partial charge on any atom is 0.0459 e. The van der Waals surface area contributed by atoms with Gasteiger partial charge in [-0.2, -0.15) is 0 Å². The molecular formula is C6H15NO. The summed E-state index contributed by atoms with van der Waals surface area (Å²) in [5.74, 6) is 0.792. The van der Waals surface area contributed by atoms with Gasteiger partial charge in [0.15, 0.2) is 0 Å². The van der Waals surface area contributed by atoms with E-state index in [2.05, 4.69) is 0 Å². The van der Waals surface area contributed by atoms with Crippen molar-refractivity contribution in [1.82, 2.24) is 0 Å². The molecule has 2 unspecified atom stereocenters. The van der Waals surface area contributed by atoms with Crippen LogP contribution < -0.4 is 5.73 Å². The van der Waals surface area contributed by atoms with Gasteiger partial charge >= 0.3 is 0 Å². The lowest BCUT2D eigenvalue weighted by Gasteiger charge is -2.13. The van der Waals surface area contributed by atoms with Crippen molar-refractivity contribution in [2.75, 3.05) is 13.2 Å². The van der Waals surface area contributed by atoms with Gasteiger partial charge in [-0.3, -0.25) is 0 Å². The molecule has 0 aliphatic rings. The number of nitrogens with two attached hydrogens (primary N) is 1. The Kier molecular flexibility index (Phi) is 3.83. The second-order valence-corrected chi connectivity index (χ2v) is 2.37. The van der Waals surface area contributed by atoms with E-state index in [1.807, 2.05) is 13.8 Å². The predicted molar refractivity (Wildman–Crippen MR) is 34.5 cm³/mol. The van der Waals surface area contributed by atoms with Crippen LogP contribution in [0.1, 0.15) is 13.8 Å². The Hall–Kier alpha value is -0.0800. The zero-order valence-electron chi connectivity index (χ0n) is 5.59. The number of aliphatic hydroxyl groups excluding tert-OH is 1. The maximum absolute atomic E-state index is 8.58. The van der Waals surface area contributed by atoms with Crippen molar-refractivity contribution < 1.29 is 5.11 Å². The first-order valence-electron chi connectivity index (χ1n) is 3.03. The largest absolute Gasteiger partial charge is 0.396 e. The van der Waals surface area contributed by atoms with Crippen molar-refractivity contribution in [1.29, 1.82) is 0 Å².